The second-order valence-electron chi connectivity index (χ2n) is 5.35. The molecule has 0 aromatic rings. The van der Waals surface area contributed by atoms with Crippen LogP contribution in [0, 0.1) is 0 Å². The van der Waals surface area contributed by atoms with Crippen molar-refractivity contribution < 1.29 is 4.79 Å². The Morgan fingerprint density at radius 3 is 2.55 bits per heavy atom. The molecule has 1 aliphatic heterocycles. The Morgan fingerprint density at radius 1 is 1.32 bits per heavy atom. The molecule has 1 rings (SSSR count). The van der Waals surface area contributed by atoms with Crippen LogP contribution in [-0.4, -0.2) is 74.0 Å². The summed E-state index contributed by atoms with van der Waals surface area (Å²) in [6.45, 7) is 11.9. The molecule has 1 fully saturated rings. The van der Waals surface area contributed by atoms with Crippen LogP contribution in [0.5, 0.6) is 0 Å². The molecular weight excluding hydrogens is 393 g/mol. The zero-order valence-electron chi connectivity index (χ0n) is 14.4. The fraction of sp³-hybridized carbons (Fsp3) is 0.867. The largest absolute Gasteiger partial charge is 0.355 e. The number of nitrogens with one attached hydrogen (secondary N) is 2. The Labute approximate surface area is 152 Å². The van der Waals surface area contributed by atoms with Crippen LogP contribution in [0.1, 0.15) is 33.6 Å². The predicted molar refractivity (Wildman–Crippen MR) is 103 cm³/mol. The zero-order valence-corrected chi connectivity index (χ0v) is 16.7. The van der Waals surface area contributed by atoms with Gasteiger partial charge in [0, 0.05) is 45.7 Å². The summed E-state index contributed by atoms with van der Waals surface area (Å²) in [5.74, 6) is 1.07. The summed E-state index contributed by atoms with van der Waals surface area (Å²) in [7, 11) is 1.79. The Hall–Kier alpha value is -0.570. The summed E-state index contributed by atoms with van der Waals surface area (Å²) in [6.07, 6.45) is 1.58. The van der Waals surface area contributed by atoms with E-state index in [-0.39, 0.29) is 29.9 Å². The summed E-state index contributed by atoms with van der Waals surface area (Å²) in [6, 6.07) is 0.306. The van der Waals surface area contributed by atoms with Crippen molar-refractivity contribution >= 4 is 35.8 Å². The predicted octanol–water partition coefficient (Wildman–Crippen LogP) is 1.12. The molecule has 1 atom stereocenters. The quantitative estimate of drug-likeness (QED) is 0.365. The van der Waals surface area contributed by atoms with Crippen molar-refractivity contribution in [2.45, 2.75) is 39.7 Å². The highest BCUT2D eigenvalue weighted by molar-refractivity contribution is 14.0. The van der Waals surface area contributed by atoms with E-state index in [1.807, 2.05) is 11.8 Å². The molecule has 0 spiro atoms. The van der Waals surface area contributed by atoms with Crippen LogP contribution in [0.15, 0.2) is 4.99 Å². The normalized spacial score (nSPS) is 18.3. The molecule has 7 heteroatoms. The lowest BCUT2D eigenvalue weighted by Crippen LogP contribution is -2.46. The molecule has 0 aromatic carbocycles. The molecule has 0 aromatic heterocycles. The highest BCUT2D eigenvalue weighted by Crippen LogP contribution is 2.10. The van der Waals surface area contributed by atoms with E-state index in [9.17, 15) is 4.79 Å². The van der Waals surface area contributed by atoms with E-state index < -0.39 is 0 Å². The van der Waals surface area contributed by atoms with Crippen molar-refractivity contribution in [2.24, 2.45) is 4.99 Å². The van der Waals surface area contributed by atoms with Gasteiger partial charge in [0.1, 0.15) is 0 Å². The monoisotopic (exact) mass is 425 g/mol. The highest BCUT2D eigenvalue weighted by atomic mass is 127. The third-order valence-electron chi connectivity index (χ3n) is 4.02. The first kappa shape index (κ1) is 21.4. The number of amides is 1. The molecule has 22 heavy (non-hydrogen) atoms. The van der Waals surface area contributed by atoms with E-state index in [0.717, 1.165) is 51.6 Å². The molecule has 6 nitrogen and oxygen atoms in total. The third kappa shape index (κ3) is 7.13. The first-order valence-corrected chi connectivity index (χ1v) is 8.11. The number of rotatable bonds is 7. The summed E-state index contributed by atoms with van der Waals surface area (Å²) in [4.78, 5) is 20.2. The maximum Gasteiger partial charge on any atom is 0.222 e. The number of carbonyl (C=O) groups excluding carboxylic acids is 1. The number of likely N-dealkylation sites (tertiary alicyclic amines) is 1. The summed E-state index contributed by atoms with van der Waals surface area (Å²) >= 11 is 0. The molecule has 0 saturated carbocycles. The number of guanidine groups is 1. The van der Waals surface area contributed by atoms with Gasteiger partial charge in [-0.25, -0.2) is 0 Å². The standard InChI is InChI=1S/C15H31N5O.HI/c1-5-14(21)20-10-8-13(12-20)18-15(16-4)17-9-11-19(6-2)7-3;/h13H,5-12H2,1-4H3,(H2,16,17,18);1H. The zero-order chi connectivity index (χ0) is 15.7. The van der Waals surface area contributed by atoms with Crippen LogP contribution in [0.4, 0.5) is 0 Å². The Balaban J connectivity index is 0.00000441. The van der Waals surface area contributed by atoms with Crippen LogP contribution < -0.4 is 10.6 Å². The molecule has 1 amide bonds. The van der Waals surface area contributed by atoms with Crippen molar-refractivity contribution in [3.63, 3.8) is 0 Å². The van der Waals surface area contributed by atoms with Crippen molar-refractivity contribution in [1.29, 1.82) is 0 Å². The van der Waals surface area contributed by atoms with Gasteiger partial charge in [0.15, 0.2) is 5.96 Å². The summed E-state index contributed by atoms with van der Waals surface area (Å²) < 4.78 is 0. The number of carbonyl (C=O) groups is 1. The molecule has 0 aliphatic carbocycles. The molecule has 1 unspecified atom stereocenters. The minimum absolute atomic E-state index is 0. The van der Waals surface area contributed by atoms with Gasteiger partial charge in [-0.15, -0.1) is 24.0 Å². The van der Waals surface area contributed by atoms with Gasteiger partial charge >= 0.3 is 0 Å². The lowest BCUT2D eigenvalue weighted by Gasteiger charge is -2.21. The third-order valence-corrected chi connectivity index (χ3v) is 4.02. The average Bonchev–Trinajstić information content (AvgIpc) is 2.98. The fourth-order valence-electron chi connectivity index (χ4n) is 2.59. The number of halogens is 1. The maximum atomic E-state index is 11.7. The Morgan fingerprint density at radius 2 is 2.00 bits per heavy atom. The number of hydrogen-bond donors (Lipinski definition) is 2. The smallest absolute Gasteiger partial charge is 0.222 e. The van der Waals surface area contributed by atoms with E-state index >= 15 is 0 Å². The van der Waals surface area contributed by atoms with Crippen molar-refractivity contribution in [1.82, 2.24) is 20.4 Å². The molecule has 1 saturated heterocycles. The van der Waals surface area contributed by atoms with Crippen molar-refractivity contribution in [3.8, 4) is 0 Å². The fourth-order valence-corrected chi connectivity index (χ4v) is 2.59. The second kappa shape index (κ2) is 11.9. The SMILES string of the molecule is CCC(=O)N1CCC(NC(=NC)NCCN(CC)CC)C1.I. The number of aliphatic imine (C=N–C) groups is 1. The number of nitrogens with zero attached hydrogens (tertiary/aromatic N) is 3. The average molecular weight is 425 g/mol. The molecule has 1 heterocycles. The second-order valence-corrected chi connectivity index (χ2v) is 5.35. The van der Waals surface area contributed by atoms with E-state index in [0.29, 0.717) is 12.5 Å². The molecule has 0 radical (unpaired) electrons. The molecule has 130 valence electrons. The maximum absolute atomic E-state index is 11.7. The van der Waals surface area contributed by atoms with Crippen LogP contribution in [-0.2, 0) is 4.79 Å². The van der Waals surface area contributed by atoms with Gasteiger partial charge in [-0.2, -0.15) is 0 Å². The highest BCUT2D eigenvalue weighted by Gasteiger charge is 2.25. The van der Waals surface area contributed by atoms with E-state index in [4.69, 9.17) is 0 Å². The van der Waals surface area contributed by atoms with E-state index in [2.05, 4.69) is 34.4 Å². The van der Waals surface area contributed by atoms with Gasteiger partial charge < -0.3 is 20.4 Å². The molecule has 2 N–H and O–H groups in total. The van der Waals surface area contributed by atoms with Crippen LogP contribution >= 0.6 is 24.0 Å². The molecule has 0 bridgehead atoms. The van der Waals surface area contributed by atoms with Crippen LogP contribution in [0.25, 0.3) is 0 Å². The van der Waals surface area contributed by atoms with Gasteiger partial charge in [0.05, 0.1) is 0 Å². The summed E-state index contributed by atoms with van der Waals surface area (Å²) in [5.41, 5.74) is 0. The number of likely N-dealkylation sites (N-methyl/N-ethyl adjacent to an activating group) is 1. The Kier molecular flexibility index (Phi) is 11.6. The topological polar surface area (TPSA) is 60.0 Å². The first-order chi connectivity index (χ1) is 10.1. The van der Waals surface area contributed by atoms with Crippen molar-refractivity contribution in [2.75, 3.05) is 46.3 Å². The molecular formula is C15H32IN5O. The van der Waals surface area contributed by atoms with Gasteiger partial charge in [0.2, 0.25) is 5.91 Å². The van der Waals surface area contributed by atoms with Gasteiger partial charge in [-0.3, -0.25) is 9.79 Å². The van der Waals surface area contributed by atoms with Crippen LogP contribution in [0.2, 0.25) is 0 Å². The van der Waals surface area contributed by atoms with E-state index in [1.54, 1.807) is 7.05 Å². The lowest BCUT2D eigenvalue weighted by atomic mass is 10.3. The number of hydrogen-bond acceptors (Lipinski definition) is 3. The lowest BCUT2D eigenvalue weighted by molar-refractivity contribution is -0.129. The minimum Gasteiger partial charge on any atom is -0.355 e. The summed E-state index contributed by atoms with van der Waals surface area (Å²) in [5, 5.41) is 6.76. The van der Waals surface area contributed by atoms with Crippen LogP contribution in [0.3, 0.4) is 0 Å². The molecule has 1 aliphatic rings. The minimum atomic E-state index is 0. The van der Waals surface area contributed by atoms with Gasteiger partial charge in [-0.1, -0.05) is 20.8 Å². The van der Waals surface area contributed by atoms with Gasteiger partial charge in [-0.05, 0) is 19.5 Å². The first-order valence-electron chi connectivity index (χ1n) is 8.11. The van der Waals surface area contributed by atoms with Crippen molar-refractivity contribution in [3.05, 3.63) is 0 Å². The Bertz CT molecular complexity index is 347. The van der Waals surface area contributed by atoms with Gasteiger partial charge in [0.25, 0.3) is 0 Å². The van der Waals surface area contributed by atoms with E-state index in [1.165, 1.54) is 0 Å².